The van der Waals surface area contributed by atoms with Gasteiger partial charge in [-0.1, -0.05) is 13.3 Å². The van der Waals surface area contributed by atoms with Crippen LogP contribution in [0.5, 0.6) is 0 Å². The van der Waals surface area contributed by atoms with Gasteiger partial charge in [0.2, 0.25) is 0 Å². The predicted molar refractivity (Wildman–Crippen MR) is 76.1 cm³/mol. The van der Waals surface area contributed by atoms with E-state index in [4.69, 9.17) is 9.47 Å². The number of esters is 1. The van der Waals surface area contributed by atoms with Crippen LogP contribution in [0.3, 0.4) is 0 Å². The number of rotatable bonds is 8. The molecule has 4 heteroatoms. The van der Waals surface area contributed by atoms with E-state index in [-0.39, 0.29) is 5.97 Å². The van der Waals surface area contributed by atoms with E-state index in [0.717, 1.165) is 25.6 Å². The molecule has 0 radical (unpaired) electrons. The molecule has 0 saturated heterocycles. The van der Waals surface area contributed by atoms with Crippen molar-refractivity contribution in [3.05, 3.63) is 0 Å². The summed E-state index contributed by atoms with van der Waals surface area (Å²) in [5.41, 5.74) is 0. The zero-order valence-corrected chi connectivity index (χ0v) is 12.7. The fourth-order valence-electron chi connectivity index (χ4n) is 2.94. The fourth-order valence-corrected chi connectivity index (χ4v) is 2.94. The molecule has 1 saturated carbocycles. The van der Waals surface area contributed by atoms with E-state index >= 15 is 0 Å². The second-order valence-electron chi connectivity index (χ2n) is 5.44. The third kappa shape index (κ3) is 5.91. The number of carbonyl (C=O) groups is 1. The third-order valence-corrected chi connectivity index (χ3v) is 4.32. The van der Waals surface area contributed by atoms with Crippen molar-refractivity contribution >= 4 is 5.97 Å². The minimum Gasteiger partial charge on any atom is -0.469 e. The molecule has 0 bridgehead atoms. The summed E-state index contributed by atoms with van der Waals surface area (Å²) in [4.78, 5) is 13.7. The van der Waals surface area contributed by atoms with Crippen molar-refractivity contribution in [1.82, 2.24) is 4.90 Å². The molecule has 0 aromatic rings. The topological polar surface area (TPSA) is 38.8 Å². The lowest BCUT2D eigenvalue weighted by Crippen LogP contribution is -2.41. The Morgan fingerprint density at radius 2 is 1.84 bits per heavy atom. The second kappa shape index (κ2) is 9.32. The fraction of sp³-hybridized carbons (Fsp3) is 0.933. The van der Waals surface area contributed by atoms with Gasteiger partial charge in [0, 0.05) is 26.2 Å². The van der Waals surface area contributed by atoms with E-state index in [2.05, 4.69) is 11.8 Å². The van der Waals surface area contributed by atoms with Crippen LogP contribution in [0.15, 0.2) is 0 Å². The molecule has 1 aliphatic carbocycles. The smallest absolute Gasteiger partial charge is 0.306 e. The summed E-state index contributed by atoms with van der Waals surface area (Å²) in [6.07, 6.45) is 6.93. The molecule has 0 aromatic carbocycles. The van der Waals surface area contributed by atoms with Crippen molar-refractivity contribution in [2.45, 2.75) is 51.5 Å². The summed E-state index contributed by atoms with van der Waals surface area (Å²) in [6.45, 7) is 4.71. The Labute approximate surface area is 117 Å². The Hall–Kier alpha value is -0.610. The average molecular weight is 271 g/mol. The maximum absolute atomic E-state index is 11.3. The van der Waals surface area contributed by atoms with Crippen LogP contribution in [0.25, 0.3) is 0 Å². The van der Waals surface area contributed by atoms with Crippen molar-refractivity contribution in [3.63, 3.8) is 0 Å². The van der Waals surface area contributed by atoms with E-state index < -0.39 is 0 Å². The largest absolute Gasteiger partial charge is 0.469 e. The number of methoxy groups -OCH3 is 2. The van der Waals surface area contributed by atoms with Gasteiger partial charge in [0.25, 0.3) is 0 Å². The van der Waals surface area contributed by atoms with Gasteiger partial charge in [-0.3, -0.25) is 9.69 Å². The van der Waals surface area contributed by atoms with Gasteiger partial charge in [0.05, 0.1) is 20.1 Å². The first-order chi connectivity index (χ1) is 9.21. The van der Waals surface area contributed by atoms with E-state index in [1.807, 2.05) is 0 Å². The Morgan fingerprint density at radius 3 is 2.37 bits per heavy atom. The first kappa shape index (κ1) is 16.4. The third-order valence-electron chi connectivity index (χ3n) is 4.32. The van der Waals surface area contributed by atoms with Crippen LogP contribution in [0.1, 0.15) is 45.4 Å². The number of hydrogen-bond acceptors (Lipinski definition) is 4. The van der Waals surface area contributed by atoms with Crippen LogP contribution in [0.4, 0.5) is 0 Å². The van der Waals surface area contributed by atoms with Crippen LogP contribution in [0.2, 0.25) is 0 Å². The van der Waals surface area contributed by atoms with E-state index in [1.54, 1.807) is 7.11 Å². The van der Waals surface area contributed by atoms with Gasteiger partial charge in [0.15, 0.2) is 0 Å². The molecule has 0 unspecified atom stereocenters. The molecule has 0 heterocycles. The summed E-state index contributed by atoms with van der Waals surface area (Å²) in [7, 11) is 3.18. The molecular formula is C15H29NO3. The molecule has 0 spiro atoms. The molecule has 112 valence electrons. The number of hydrogen-bond donors (Lipinski definition) is 0. The van der Waals surface area contributed by atoms with Crippen molar-refractivity contribution < 1.29 is 14.3 Å². The molecular weight excluding hydrogens is 242 g/mol. The SMILES string of the molecule is CCC1CCC(N(CCOC)CCC(=O)OC)CC1. The van der Waals surface area contributed by atoms with Crippen molar-refractivity contribution in [2.24, 2.45) is 5.92 Å². The summed E-state index contributed by atoms with van der Waals surface area (Å²) in [6, 6.07) is 0.614. The maximum atomic E-state index is 11.3. The van der Waals surface area contributed by atoms with Gasteiger partial charge in [-0.05, 0) is 31.6 Å². The average Bonchev–Trinajstić information content (AvgIpc) is 2.47. The Morgan fingerprint density at radius 1 is 1.16 bits per heavy atom. The van der Waals surface area contributed by atoms with Gasteiger partial charge in [0.1, 0.15) is 0 Å². The summed E-state index contributed by atoms with van der Waals surface area (Å²) >= 11 is 0. The highest BCUT2D eigenvalue weighted by molar-refractivity contribution is 5.69. The van der Waals surface area contributed by atoms with Crippen LogP contribution in [-0.4, -0.2) is 50.8 Å². The van der Waals surface area contributed by atoms with Gasteiger partial charge in [-0.15, -0.1) is 0 Å². The van der Waals surface area contributed by atoms with Crippen molar-refractivity contribution in [2.75, 3.05) is 33.9 Å². The van der Waals surface area contributed by atoms with Crippen molar-refractivity contribution in [3.8, 4) is 0 Å². The van der Waals surface area contributed by atoms with Gasteiger partial charge in [-0.2, -0.15) is 0 Å². The molecule has 1 rings (SSSR count). The number of carbonyl (C=O) groups excluding carboxylic acids is 1. The predicted octanol–water partition coefficient (Wildman–Crippen LogP) is 2.47. The second-order valence-corrected chi connectivity index (χ2v) is 5.44. The Kier molecular flexibility index (Phi) is 8.07. The molecule has 0 amide bonds. The molecule has 1 aliphatic rings. The van der Waals surface area contributed by atoms with Crippen LogP contribution < -0.4 is 0 Å². The minimum atomic E-state index is -0.121. The van der Waals surface area contributed by atoms with Crippen LogP contribution >= 0.6 is 0 Å². The quantitative estimate of drug-likeness (QED) is 0.636. The minimum absolute atomic E-state index is 0.121. The summed E-state index contributed by atoms with van der Waals surface area (Å²) < 4.78 is 9.91. The maximum Gasteiger partial charge on any atom is 0.306 e. The van der Waals surface area contributed by atoms with E-state index in [1.165, 1.54) is 39.2 Å². The highest BCUT2D eigenvalue weighted by Gasteiger charge is 2.25. The number of nitrogens with zero attached hydrogens (tertiary/aromatic N) is 1. The van der Waals surface area contributed by atoms with E-state index in [9.17, 15) is 4.79 Å². The van der Waals surface area contributed by atoms with Gasteiger partial charge in [-0.25, -0.2) is 0 Å². The van der Waals surface area contributed by atoms with E-state index in [0.29, 0.717) is 12.5 Å². The first-order valence-electron chi connectivity index (χ1n) is 7.51. The highest BCUT2D eigenvalue weighted by Crippen LogP contribution is 2.29. The standard InChI is InChI=1S/C15H29NO3/c1-4-13-5-7-14(8-6-13)16(11-12-18-2)10-9-15(17)19-3/h13-14H,4-12H2,1-3H3. The molecule has 4 nitrogen and oxygen atoms in total. The normalized spacial score (nSPS) is 23.6. The molecule has 0 N–H and O–H groups in total. The lowest BCUT2D eigenvalue weighted by Gasteiger charge is -2.36. The first-order valence-corrected chi connectivity index (χ1v) is 7.51. The van der Waals surface area contributed by atoms with Crippen LogP contribution in [0, 0.1) is 5.92 Å². The lowest BCUT2D eigenvalue weighted by molar-refractivity contribution is -0.141. The zero-order chi connectivity index (χ0) is 14.1. The molecule has 19 heavy (non-hydrogen) atoms. The Bertz CT molecular complexity index is 250. The summed E-state index contributed by atoms with van der Waals surface area (Å²) in [5, 5.41) is 0. The highest BCUT2D eigenvalue weighted by atomic mass is 16.5. The monoisotopic (exact) mass is 271 g/mol. The molecule has 0 atom stereocenters. The number of ether oxygens (including phenoxy) is 2. The lowest BCUT2D eigenvalue weighted by atomic mass is 9.84. The molecule has 0 aromatic heterocycles. The summed E-state index contributed by atoms with van der Waals surface area (Å²) in [5.74, 6) is 0.783. The van der Waals surface area contributed by atoms with Crippen molar-refractivity contribution in [1.29, 1.82) is 0 Å². The van der Waals surface area contributed by atoms with Crippen LogP contribution in [-0.2, 0) is 14.3 Å². The molecule has 1 fully saturated rings. The van der Waals surface area contributed by atoms with Gasteiger partial charge >= 0.3 is 5.97 Å². The van der Waals surface area contributed by atoms with Gasteiger partial charge < -0.3 is 9.47 Å². The Balaban J connectivity index is 2.41. The molecule has 0 aliphatic heterocycles. The zero-order valence-electron chi connectivity index (χ0n) is 12.7.